The molecule has 1 saturated heterocycles. The van der Waals surface area contributed by atoms with Crippen molar-refractivity contribution in [3.8, 4) is 0 Å². The van der Waals surface area contributed by atoms with Crippen molar-refractivity contribution < 1.29 is 14.0 Å². The molecule has 0 aromatic heterocycles. The van der Waals surface area contributed by atoms with Gasteiger partial charge in [-0.25, -0.2) is 4.39 Å². The van der Waals surface area contributed by atoms with Crippen LogP contribution in [0.15, 0.2) is 24.3 Å². The number of piperidine rings is 1. The lowest BCUT2D eigenvalue weighted by atomic mass is 9.97. The molecule has 1 aliphatic rings. The van der Waals surface area contributed by atoms with E-state index in [1.807, 2.05) is 13.8 Å². The number of nitrogens with one attached hydrogen (secondary N) is 2. The van der Waals surface area contributed by atoms with E-state index < -0.39 is 0 Å². The van der Waals surface area contributed by atoms with Crippen LogP contribution in [-0.4, -0.2) is 48.9 Å². The van der Waals surface area contributed by atoms with Gasteiger partial charge in [0.25, 0.3) is 0 Å². The molecule has 1 aromatic rings. The predicted molar refractivity (Wildman–Crippen MR) is 100 cm³/mol. The first-order valence-electron chi connectivity index (χ1n) is 9.51. The molecule has 2 amide bonds. The Labute approximate surface area is 155 Å². The van der Waals surface area contributed by atoms with Crippen LogP contribution < -0.4 is 10.6 Å². The molecule has 1 aromatic carbocycles. The van der Waals surface area contributed by atoms with Gasteiger partial charge in [0.2, 0.25) is 11.8 Å². The minimum absolute atomic E-state index is 0.0287. The Morgan fingerprint density at radius 3 is 2.46 bits per heavy atom. The van der Waals surface area contributed by atoms with Crippen LogP contribution in [0.1, 0.15) is 51.0 Å². The van der Waals surface area contributed by atoms with Gasteiger partial charge in [0.1, 0.15) is 5.82 Å². The van der Waals surface area contributed by atoms with Crippen molar-refractivity contribution in [2.24, 2.45) is 0 Å². The average molecular weight is 363 g/mol. The number of carbonyl (C=O) groups is 2. The number of hydrogen-bond acceptors (Lipinski definition) is 3. The van der Waals surface area contributed by atoms with Crippen LogP contribution in [0.2, 0.25) is 0 Å². The van der Waals surface area contributed by atoms with Crippen LogP contribution in [0.4, 0.5) is 4.39 Å². The normalized spacial score (nSPS) is 16.9. The van der Waals surface area contributed by atoms with E-state index in [1.165, 1.54) is 12.1 Å². The quantitative estimate of drug-likeness (QED) is 0.746. The summed E-state index contributed by atoms with van der Waals surface area (Å²) in [5.74, 6) is -0.109. The Morgan fingerprint density at radius 1 is 1.19 bits per heavy atom. The summed E-state index contributed by atoms with van der Waals surface area (Å²) in [7, 11) is 0. The van der Waals surface area contributed by atoms with Gasteiger partial charge in [-0.2, -0.15) is 0 Å². The lowest BCUT2D eigenvalue weighted by Crippen LogP contribution is -2.47. The van der Waals surface area contributed by atoms with E-state index in [4.69, 9.17) is 0 Å². The lowest BCUT2D eigenvalue weighted by molar-refractivity contribution is -0.124. The number of likely N-dealkylation sites (tertiary alicyclic amines) is 1. The van der Waals surface area contributed by atoms with E-state index >= 15 is 0 Å². The highest BCUT2D eigenvalue weighted by Crippen LogP contribution is 2.19. The van der Waals surface area contributed by atoms with Gasteiger partial charge in [-0.3, -0.25) is 14.5 Å². The van der Waals surface area contributed by atoms with Gasteiger partial charge in [0.15, 0.2) is 0 Å². The monoisotopic (exact) mass is 363 g/mol. The number of carbonyl (C=O) groups excluding carboxylic acids is 2. The van der Waals surface area contributed by atoms with Gasteiger partial charge in [0.05, 0.1) is 6.54 Å². The number of amides is 2. The molecule has 1 heterocycles. The van der Waals surface area contributed by atoms with Crippen molar-refractivity contribution in [2.75, 3.05) is 26.2 Å². The SMILES string of the molecule is CCCNC(=O)CN1CCC(NC(=O)CC(C)c2ccc(F)cc2)CC1. The van der Waals surface area contributed by atoms with Crippen molar-refractivity contribution in [1.82, 2.24) is 15.5 Å². The summed E-state index contributed by atoms with van der Waals surface area (Å²) in [5, 5.41) is 5.99. The van der Waals surface area contributed by atoms with Gasteiger partial charge >= 0.3 is 0 Å². The molecule has 26 heavy (non-hydrogen) atoms. The second-order valence-electron chi connectivity index (χ2n) is 7.12. The number of benzene rings is 1. The van der Waals surface area contributed by atoms with Crippen LogP contribution in [0.5, 0.6) is 0 Å². The Hall–Kier alpha value is -1.95. The third kappa shape index (κ3) is 6.75. The van der Waals surface area contributed by atoms with Crippen LogP contribution in [0.25, 0.3) is 0 Å². The summed E-state index contributed by atoms with van der Waals surface area (Å²) in [5.41, 5.74) is 0.967. The summed E-state index contributed by atoms with van der Waals surface area (Å²) >= 11 is 0. The van der Waals surface area contributed by atoms with Crippen molar-refractivity contribution in [2.45, 2.75) is 51.5 Å². The molecule has 0 saturated carbocycles. The van der Waals surface area contributed by atoms with E-state index in [9.17, 15) is 14.0 Å². The minimum atomic E-state index is -0.263. The minimum Gasteiger partial charge on any atom is -0.355 e. The topological polar surface area (TPSA) is 61.4 Å². The van der Waals surface area contributed by atoms with Crippen molar-refractivity contribution in [1.29, 1.82) is 0 Å². The fourth-order valence-corrected chi connectivity index (χ4v) is 3.23. The molecule has 0 spiro atoms. The van der Waals surface area contributed by atoms with Gasteiger partial charge < -0.3 is 10.6 Å². The molecule has 5 nitrogen and oxygen atoms in total. The molecule has 1 atom stereocenters. The smallest absolute Gasteiger partial charge is 0.234 e. The van der Waals surface area contributed by atoms with Crippen LogP contribution in [0, 0.1) is 5.82 Å². The molecule has 0 aliphatic carbocycles. The Balaban J connectivity index is 1.69. The first-order chi connectivity index (χ1) is 12.5. The predicted octanol–water partition coefficient (Wildman–Crippen LogP) is 2.43. The molecule has 1 fully saturated rings. The van der Waals surface area contributed by atoms with Crippen LogP contribution in [-0.2, 0) is 9.59 Å². The summed E-state index contributed by atoms with van der Waals surface area (Å²) in [6, 6.07) is 6.48. The molecular formula is C20H30FN3O2. The zero-order valence-corrected chi connectivity index (χ0v) is 15.8. The molecule has 2 rings (SSSR count). The van der Waals surface area contributed by atoms with Crippen molar-refractivity contribution in [3.05, 3.63) is 35.6 Å². The van der Waals surface area contributed by atoms with E-state index in [0.717, 1.165) is 44.5 Å². The van der Waals surface area contributed by atoms with Gasteiger partial charge in [-0.05, 0) is 42.9 Å². The van der Waals surface area contributed by atoms with Gasteiger partial charge in [0, 0.05) is 32.1 Å². The third-order valence-corrected chi connectivity index (χ3v) is 4.82. The Kier molecular flexibility index (Phi) is 8.04. The summed E-state index contributed by atoms with van der Waals surface area (Å²) in [6.07, 6.45) is 3.05. The maximum atomic E-state index is 13.0. The Bertz CT molecular complexity index is 583. The van der Waals surface area contributed by atoms with Crippen molar-refractivity contribution >= 4 is 11.8 Å². The highest BCUT2D eigenvalue weighted by atomic mass is 19.1. The molecular weight excluding hydrogens is 333 g/mol. The highest BCUT2D eigenvalue weighted by Gasteiger charge is 2.22. The molecule has 1 unspecified atom stereocenters. The van der Waals surface area contributed by atoms with Crippen LogP contribution in [0.3, 0.4) is 0 Å². The maximum absolute atomic E-state index is 13.0. The van der Waals surface area contributed by atoms with E-state index in [2.05, 4.69) is 15.5 Å². The summed E-state index contributed by atoms with van der Waals surface area (Å²) < 4.78 is 13.0. The first-order valence-corrected chi connectivity index (χ1v) is 9.51. The van der Waals surface area contributed by atoms with E-state index in [0.29, 0.717) is 13.0 Å². The zero-order chi connectivity index (χ0) is 18.9. The number of rotatable bonds is 8. The number of halogens is 1. The van der Waals surface area contributed by atoms with Gasteiger partial charge in [-0.1, -0.05) is 26.0 Å². The third-order valence-electron chi connectivity index (χ3n) is 4.82. The van der Waals surface area contributed by atoms with Crippen molar-refractivity contribution in [3.63, 3.8) is 0 Å². The number of nitrogens with zero attached hydrogens (tertiary/aromatic N) is 1. The fourth-order valence-electron chi connectivity index (χ4n) is 3.23. The molecule has 144 valence electrons. The Morgan fingerprint density at radius 2 is 1.85 bits per heavy atom. The second-order valence-corrected chi connectivity index (χ2v) is 7.12. The van der Waals surface area contributed by atoms with Crippen LogP contribution >= 0.6 is 0 Å². The summed E-state index contributed by atoms with van der Waals surface area (Å²) in [6.45, 7) is 6.80. The molecule has 2 N–H and O–H groups in total. The maximum Gasteiger partial charge on any atom is 0.234 e. The largest absolute Gasteiger partial charge is 0.355 e. The van der Waals surface area contributed by atoms with E-state index in [-0.39, 0.29) is 29.6 Å². The second kappa shape index (κ2) is 10.3. The first kappa shape index (κ1) is 20.4. The number of hydrogen-bond donors (Lipinski definition) is 2. The van der Waals surface area contributed by atoms with E-state index in [1.54, 1.807) is 12.1 Å². The summed E-state index contributed by atoms with van der Waals surface area (Å²) in [4.78, 5) is 26.2. The molecule has 0 bridgehead atoms. The molecule has 6 heteroatoms. The molecule has 0 radical (unpaired) electrons. The highest BCUT2D eigenvalue weighted by molar-refractivity contribution is 5.78. The fraction of sp³-hybridized carbons (Fsp3) is 0.600. The molecule has 1 aliphatic heterocycles. The zero-order valence-electron chi connectivity index (χ0n) is 15.8. The van der Waals surface area contributed by atoms with Gasteiger partial charge in [-0.15, -0.1) is 0 Å². The standard InChI is InChI=1S/C20H30FN3O2/c1-3-10-22-20(26)14-24-11-8-18(9-12-24)23-19(25)13-15(2)16-4-6-17(21)7-5-16/h4-7,15,18H,3,8-14H2,1-2H3,(H,22,26)(H,23,25). The average Bonchev–Trinajstić information content (AvgIpc) is 2.62. The lowest BCUT2D eigenvalue weighted by Gasteiger charge is -2.32.